The van der Waals surface area contributed by atoms with Crippen LogP contribution in [0.1, 0.15) is 22.8 Å². The highest BCUT2D eigenvalue weighted by atomic mass is 35.5. The van der Waals surface area contributed by atoms with E-state index < -0.39 is 41.7 Å². The summed E-state index contributed by atoms with van der Waals surface area (Å²) in [6.45, 7) is 0.823. The number of halogens is 2. The zero-order chi connectivity index (χ0) is 20.6. The lowest BCUT2D eigenvalue weighted by Crippen LogP contribution is -2.42. The SMILES string of the molecule is CC1(c2ccc(F)cc2Cl)NC(=O)N(CC(=O)Nc2sccc2C(N)=O)C1=O. The van der Waals surface area contributed by atoms with E-state index in [1.165, 1.54) is 19.1 Å². The van der Waals surface area contributed by atoms with Crippen LogP contribution in [0.5, 0.6) is 0 Å². The molecule has 0 aliphatic carbocycles. The number of amides is 5. The fourth-order valence-corrected chi connectivity index (χ4v) is 3.99. The molecule has 0 bridgehead atoms. The third kappa shape index (κ3) is 3.43. The quantitative estimate of drug-likeness (QED) is 0.636. The van der Waals surface area contributed by atoms with Gasteiger partial charge in [-0.25, -0.2) is 9.18 Å². The van der Waals surface area contributed by atoms with Gasteiger partial charge in [-0.2, -0.15) is 0 Å². The first-order valence-corrected chi connectivity index (χ1v) is 9.16. The smallest absolute Gasteiger partial charge is 0.325 e. The molecule has 8 nitrogen and oxygen atoms in total. The van der Waals surface area contributed by atoms with Crippen molar-refractivity contribution in [2.75, 3.05) is 11.9 Å². The highest BCUT2D eigenvalue weighted by Gasteiger charge is 2.50. The van der Waals surface area contributed by atoms with Crippen molar-refractivity contribution in [3.8, 4) is 0 Å². The monoisotopic (exact) mass is 424 g/mol. The van der Waals surface area contributed by atoms with E-state index in [0.717, 1.165) is 23.5 Å². The molecule has 1 aromatic carbocycles. The Hall–Kier alpha value is -2.98. The average molecular weight is 425 g/mol. The Morgan fingerprint density at radius 3 is 2.71 bits per heavy atom. The lowest BCUT2D eigenvalue weighted by molar-refractivity contribution is -0.133. The number of nitrogens with one attached hydrogen (secondary N) is 2. The number of carbonyl (C=O) groups excluding carboxylic acids is 4. The van der Waals surface area contributed by atoms with Crippen LogP contribution >= 0.6 is 22.9 Å². The van der Waals surface area contributed by atoms with Crippen LogP contribution in [0.2, 0.25) is 5.02 Å². The zero-order valence-corrected chi connectivity index (χ0v) is 16.0. The van der Waals surface area contributed by atoms with Crippen LogP contribution in [-0.2, 0) is 15.1 Å². The molecule has 1 atom stereocenters. The van der Waals surface area contributed by atoms with Crippen LogP contribution in [0, 0.1) is 5.82 Å². The van der Waals surface area contributed by atoms with Gasteiger partial charge in [-0.1, -0.05) is 17.7 Å². The second-order valence-electron chi connectivity index (χ2n) is 6.15. The molecule has 1 aliphatic heterocycles. The van der Waals surface area contributed by atoms with E-state index in [-0.39, 0.29) is 21.2 Å². The van der Waals surface area contributed by atoms with Gasteiger partial charge in [0, 0.05) is 10.6 Å². The van der Waals surface area contributed by atoms with Gasteiger partial charge in [0.05, 0.1) is 5.56 Å². The van der Waals surface area contributed by atoms with Gasteiger partial charge in [0.1, 0.15) is 22.9 Å². The molecule has 1 unspecified atom stereocenters. The van der Waals surface area contributed by atoms with Gasteiger partial charge >= 0.3 is 6.03 Å². The standard InChI is InChI=1S/C17H14ClFN4O4S/c1-17(10-3-2-8(19)6-11(10)18)15(26)23(16(27)22-17)7-12(24)21-14-9(13(20)25)4-5-28-14/h2-6H,7H2,1H3,(H2,20,25)(H,21,24)(H,22,27). The molecule has 1 fully saturated rings. The number of imide groups is 1. The number of carbonyl (C=O) groups is 4. The third-order valence-corrected chi connectivity index (χ3v) is 5.37. The molecule has 1 aliphatic rings. The van der Waals surface area contributed by atoms with Gasteiger partial charge < -0.3 is 16.4 Å². The van der Waals surface area contributed by atoms with Crippen LogP contribution < -0.4 is 16.4 Å². The maximum absolute atomic E-state index is 13.3. The molecule has 5 amide bonds. The van der Waals surface area contributed by atoms with Crippen molar-refractivity contribution in [1.82, 2.24) is 10.2 Å². The van der Waals surface area contributed by atoms with E-state index in [4.69, 9.17) is 17.3 Å². The molecule has 1 saturated heterocycles. The number of hydrogen-bond acceptors (Lipinski definition) is 5. The third-order valence-electron chi connectivity index (χ3n) is 4.23. The molecule has 28 heavy (non-hydrogen) atoms. The molecule has 4 N–H and O–H groups in total. The van der Waals surface area contributed by atoms with Crippen molar-refractivity contribution in [2.24, 2.45) is 5.73 Å². The fourth-order valence-electron chi connectivity index (χ4n) is 2.83. The molecule has 0 radical (unpaired) electrons. The highest BCUT2D eigenvalue weighted by Crippen LogP contribution is 2.34. The second kappa shape index (κ2) is 7.21. The Kier molecular flexibility index (Phi) is 5.09. The molecular weight excluding hydrogens is 411 g/mol. The van der Waals surface area contributed by atoms with Crippen LogP contribution in [0.25, 0.3) is 0 Å². The number of anilines is 1. The summed E-state index contributed by atoms with van der Waals surface area (Å²) in [5, 5.41) is 6.68. The fraction of sp³-hybridized carbons (Fsp3) is 0.176. The van der Waals surface area contributed by atoms with Crippen molar-refractivity contribution in [1.29, 1.82) is 0 Å². The molecular formula is C17H14ClFN4O4S. The van der Waals surface area contributed by atoms with Crippen molar-refractivity contribution in [3.63, 3.8) is 0 Å². The number of hydrogen-bond donors (Lipinski definition) is 3. The number of nitrogens with two attached hydrogens (primary N) is 1. The molecule has 2 heterocycles. The van der Waals surface area contributed by atoms with E-state index in [0.29, 0.717) is 4.90 Å². The number of urea groups is 1. The molecule has 2 aromatic rings. The summed E-state index contributed by atoms with van der Waals surface area (Å²) >= 11 is 7.10. The number of benzene rings is 1. The Balaban J connectivity index is 1.79. The molecule has 0 spiro atoms. The summed E-state index contributed by atoms with van der Waals surface area (Å²) in [5.74, 6) is -2.72. The number of thiophene rings is 1. The van der Waals surface area contributed by atoms with Gasteiger partial charge in [-0.3, -0.25) is 19.3 Å². The minimum atomic E-state index is -1.55. The Morgan fingerprint density at radius 1 is 1.36 bits per heavy atom. The first-order chi connectivity index (χ1) is 13.1. The highest BCUT2D eigenvalue weighted by molar-refractivity contribution is 7.14. The van der Waals surface area contributed by atoms with E-state index >= 15 is 0 Å². The predicted molar refractivity (Wildman–Crippen MR) is 100 cm³/mol. The average Bonchev–Trinajstić information content (AvgIpc) is 3.14. The van der Waals surface area contributed by atoms with Gasteiger partial charge in [-0.15, -0.1) is 11.3 Å². The largest absolute Gasteiger partial charge is 0.366 e. The molecule has 146 valence electrons. The lowest BCUT2D eigenvalue weighted by Gasteiger charge is -2.23. The van der Waals surface area contributed by atoms with Crippen LogP contribution in [0.3, 0.4) is 0 Å². The molecule has 11 heteroatoms. The van der Waals surface area contributed by atoms with Crippen molar-refractivity contribution in [2.45, 2.75) is 12.5 Å². The normalized spacial score (nSPS) is 18.9. The Bertz CT molecular complexity index is 1010. The first-order valence-electron chi connectivity index (χ1n) is 7.90. The van der Waals surface area contributed by atoms with Crippen molar-refractivity contribution >= 4 is 51.7 Å². The second-order valence-corrected chi connectivity index (χ2v) is 7.47. The summed E-state index contributed by atoms with van der Waals surface area (Å²) < 4.78 is 13.3. The summed E-state index contributed by atoms with van der Waals surface area (Å²) in [6, 6.07) is 4.08. The van der Waals surface area contributed by atoms with E-state index in [1.54, 1.807) is 5.38 Å². The molecule has 0 saturated carbocycles. The Morgan fingerprint density at radius 2 is 2.07 bits per heavy atom. The van der Waals surface area contributed by atoms with Crippen LogP contribution in [0.4, 0.5) is 14.2 Å². The summed E-state index contributed by atoms with van der Waals surface area (Å²) in [7, 11) is 0. The maximum Gasteiger partial charge on any atom is 0.325 e. The van der Waals surface area contributed by atoms with E-state index in [9.17, 15) is 23.6 Å². The summed E-state index contributed by atoms with van der Waals surface area (Å²) in [4.78, 5) is 49.4. The maximum atomic E-state index is 13.3. The number of nitrogens with zero attached hydrogens (tertiary/aromatic N) is 1. The molecule has 1 aromatic heterocycles. The minimum Gasteiger partial charge on any atom is -0.366 e. The lowest BCUT2D eigenvalue weighted by atomic mass is 9.92. The van der Waals surface area contributed by atoms with Gasteiger partial charge in [-0.05, 0) is 30.5 Å². The summed E-state index contributed by atoms with van der Waals surface area (Å²) in [6.07, 6.45) is 0. The van der Waals surface area contributed by atoms with Crippen molar-refractivity contribution in [3.05, 3.63) is 51.6 Å². The zero-order valence-electron chi connectivity index (χ0n) is 14.4. The van der Waals surface area contributed by atoms with E-state index in [2.05, 4.69) is 10.6 Å². The topological polar surface area (TPSA) is 122 Å². The summed E-state index contributed by atoms with van der Waals surface area (Å²) in [5.41, 5.74) is 3.99. The number of rotatable bonds is 5. The predicted octanol–water partition coefficient (Wildman–Crippen LogP) is 2.05. The van der Waals surface area contributed by atoms with Gasteiger partial charge in [0.15, 0.2) is 0 Å². The van der Waals surface area contributed by atoms with Crippen LogP contribution in [0.15, 0.2) is 29.6 Å². The van der Waals surface area contributed by atoms with Gasteiger partial charge in [0.2, 0.25) is 5.91 Å². The van der Waals surface area contributed by atoms with Crippen LogP contribution in [-0.4, -0.2) is 35.2 Å². The Labute approximate surface area is 167 Å². The molecule has 3 rings (SSSR count). The first kappa shape index (κ1) is 19.8. The van der Waals surface area contributed by atoms with E-state index in [1.807, 2.05) is 0 Å². The number of primary amides is 1. The van der Waals surface area contributed by atoms with Gasteiger partial charge in [0.25, 0.3) is 11.8 Å². The minimum absolute atomic E-state index is 0.0351. The van der Waals surface area contributed by atoms with Crippen molar-refractivity contribution < 1.29 is 23.6 Å².